The lowest BCUT2D eigenvalue weighted by atomic mass is 9.99. The number of ether oxygens (including phenoxy) is 2. The van der Waals surface area contributed by atoms with Crippen LogP contribution >= 0.6 is 11.6 Å². The number of hydrogen-bond donors (Lipinski definition) is 1. The van der Waals surface area contributed by atoms with E-state index in [1.807, 2.05) is 0 Å². The SMILES string of the molecule is CCc1c(CCN2CCNCC2)cc(Cl)c2c1OCCO2. The lowest BCUT2D eigenvalue weighted by Crippen LogP contribution is -2.44. The van der Waals surface area contributed by atoms with Crippen LogP contribution in [0.3, 0.4) is 0 Å². The summed E-state index contributed by atoms with van der Waals surface area (Å²) >= 11 is 6.37. The molecule has 1 N–H and O–H groups in total. The quantitative estimate of drug-likeness (QED) is 0.923. The second kappa shape index (κ2) is 6.86. The zero-order valence-electron chi connectivity index (χ0n) is 12.6. The van der Waals surface area contributed by atoms with Crippen LogP contribution in [-0.2, 0) is 12.8 Å². The van der Waals surface area contributed by atoms with Crippen molar-refractivity contribution in [2.45, 2.75) is 19.8 Å². The molecule has 1 aromatic rings. The van der Waals surface area contributed by atoms with Gasteiger partial charge in [0.1, 0.15) is 13.2 Å². The molecule has 21 heavy (non-hydrogen) atoms. The van der Waals surface area contributed by atoms with E-state index in [0.717, 1.165) is 57.1 Å². The molecule has 1 fully saturated rings. The van der Waals surface area contributed by atoms with Crippen molar-refractivity contribution in [3.8, 4) is 11.5 Å². The van der Waals surface area contributed by atoms with Crippen LogP contribution in [0.2, 0.25) is 5.02 Å². The third-order valence-corrected chi connectivity index (χ3v) is 4.50. The molecule has 5 heteroatoms. The van der Waals surface area contributed by atoms with Crippen LogP contribution < -0.4 is 14.8 Å². The van der Waals surface area contributed by atoms with Crippen molar-refractivity contribution in [2.24, 2.45) is 0 Å². The molecule has 116 valence electrons. The zero-order valence-corrected chi connectivity index (χ0v) is 13.3. The Hall–Kier alpha value is -0.970. The van der Waals surface area contributed by atoms with Crippen molar-refractivity contribution >= 4 is 11.6 Å². The molecule has 2 heterocycles. The summed E-state index contributed by atoms with van der Waals surface area (Å²) in [5, 5.41) is 4.06. The summed E-state index contributed by atoms with van der Waals surface area (Å²) < 4.78 is 11.5. The fraction of sp³-hybridized carbons (Fsp3) is 0.625. The summed E-state index contributed by atoms with van der Waals surface area (Å²) in [7, 11) is 0. The molecular weight excluding hydrogens is 288 g/mol. The van der Waals surface area contributed by atoms with Crippen LogP contribution in [0, 0.1) is 0 Å². The summed E-state index contributed by atoms with van der Waals surface area (Å²) in [5.74, 6) is 1.59. The Morgan fingerprint density at radius 2 is 1.90 bits per heavy atom. The first-order chi connectivity index (χ1) is 10.3. The van der Waals surface area contributed by atoms with Crippen LogP contribution in [0.5, 0.6) is 11.5 Å². The third-order valence-electron chi connectivity index (χ3n) is 4.22. The Morgan fingerprint density at radius 3 is 2.62 bits per heavy atom. The molecule has 0 bridgehead atoms. The van der Waals surface area contributed by atoms with Gasteiger partial charge >= 0.3 is 0 Å². The normalized spacial score (nSPS) is 18.8. The van der Waals surface area contributed by atoms with Gasteiger partial charge in [-0.3, -0.25) is 0 Å². The van der Waals surface area contributed by atoms with Gasteiger partial charge in [-0.2, -0.15) is 0 Å². The van der Waals surface area contributed by atoms with Crippen molar-refractivity contribution in [2.75, 3.05) is 45.9 Å². The standard InChI is InChI=1S/C16H23ClN2O2/c1-2-13-12(3-6-19-7-4-18-5-8-19)11-14(17)16-15(13)20-9-10-21-16/h11,18H,2-10H2,1H3. The maximum absolute atomic E-state index is 6.37. The first-order valence-corrected chi connectivity index (χ1v) is 8.20. The number of fused-ring (bicyclic) bond motifs is 1. The second-order valence-electron chi connectivity index (χ2n) is 5.55. The van der Waals surface area contributed by atoms with Crippen molar-refractivity contribution in [1.82, 2.24) is 10.2 Å². The number of halogens is 1. The number of nitrogens with zero attached hydrogens (tertiary/aromatic N) is 1. The van der Waals surface area contributed by atoms with Gasteiger partial charge < -0.3 is 19.7 Å². The van der Waals surface area contributed by atoms with Crippen molar-refractivity contribution < 1.29 is 9.47 Å². The number of hydrogen-bond acceptors (Lipinski definition) is 4. The van der Waals surface area contributed by atoms with E-state index in [-0.39, 0.29) is 0 Å². The summed E-state index contributed by atoms with van der Waals surface area (Å²) in [4.78, 5) is 2.50. The van der Waals surface area contributed by atoms with Gasteiger partial charge in [0, 0.05) is 38.3 Å². The highest BCUT2D eigenvalue weighted by Gasteiger charge is 2.22. The average Bonchev–Trinajstić information content (AvgIpc) is 2.54. The molecule has 0 aliphatic carbocycles. The van der Waals surface area contributed by atoms with Crippen LogP contribution in [0.1, 0.15) is 18.1 Å². The summed E-state index contributed by atoms with van der Waals surface area (Å²) in [5.41, 5.74) is 2.55. The predicted molar refractivity (Wildman–Crippen MR) is 84.8 cm³/mol. The van der Waals surface area contributed by atoms with Crippen LogP contribution in [0.15, 0.2) is 6.07 Å². The molecule has 0 saturated carbocycles. The monoisotopic (exact) mass is 310 g/mol. The Morgan fingerprint density at radius 1 is 1.19 bits per heavy atom. The van der Waals surface area contributed by atoms with Gasteiger partial charge in [0.25, 0.3) is 0 Å². The minimum absolute atomic E-state index is 0.579. The number of nitrogens with one attached hydrogen (secondary N) is 1. The van der Waals surface area contributed by atoms with E-state index in [2.05, 4.69) is 23.2 Å². The molecule has 0 aromatic heterocycles. The van der Waals surface area contributed by atoms with E-state index in [9.17, 15) is 0 Å². The van der Waals surface area contributed by atoms with Gasteiger partial charge in [-0.05, 0) is 24.5 Å². The van der Waals surface area contributed by atoms with Crippen molar-refractivity contribution in [3.05, 3.63) is 22.2 Å². The van der Waals surface area contributed by atoms with Crippen LogP contribution in [-0.4, -0.2) is 50.8 Å². The third kappa shape index (κ3) is 3.28. The molecule has 1 saturated heterocycles. The van der Waals surface area contributed by atoms with E-state index in [1.54, 1.807) is 0 Å². The Kier molecular flexibility index (Phi) is 4.88. The maximum atomic E-state index is 6.37. The summed E-state index contributed by atoms with van der Waals surface area (Å²) in [6.07, 6.45) is 1.96. The number of rotatable bonds is 4. The second-order valence-corrected chi connectivity index (χ2v) is 5.95. The van der Waals surface area contributed by atoms with Gasteiger partial charge in [-0.1, -0.05) is 18.5 Å². The van der Waals surface area contributed by atoms with E-state index in [1.165, 1.54) is 11.1 Å². The summed E-state index contributed by atoms with van der Waals surface area (Å²) in [6, 6.07) is 2.07. The van der Waals surface area contributed by atoms with Crippen molar-refractivity contribution in [3.63, 3.8) is 0 Å². The fourth-order valence-electron chi connectivity index (χ4n) is 3.10. The van der Waals surface area contributed by atoms with E-state index in [0.29, 0.717) is 18.2 Å². The molecule has 0 amide bonds. The summed E-state index contributed by atoms with van der Waals surface area (Å²) in [6.45, 7) is 8.85. The molecule has 2 aliphatic rings. The first-order valence-electron chi connectivity index (χ1n) is 7.82. The highest BCUT2D eigenvalue weighted by Crippen LogP contribution is 2.42. The molecule has 0 radical (unpaired) electrons. The first kappa shape index (κ1) is 14.9. The highest BCUT2D eigenvalue weighted by atomic mass is 35.5. The Balaban J connectivity index is 1.79. The van der Waals surface area contributed by atoms with E-state index < -0.39 is 0 Å². The van der Waals surface area contributed by atoms with Crippen molar-refractivity contribution in [1.29, 1.82) is 0 Å². The predicted octanol–water partition coefficient (Wildman–Crippen LogP) is 2.12. The molecule has 2 aliphatic heterocycles. The van der Waals surface area contributed by atoms with Gasteiger partial charge in [0.2, 0.25) is 0 Å². The maximum Gasteiger partial charge on any atom is 0.180 e. The van der Waals surface area contributed by atoms with E-state index >= 15 is 0 Å². The van der Waals surface area contributed by atoms with Gasteiger partial charge in [0.05, 0.1) is 5.02 Å². The molecule has 3 rings (SSSR count). The average molecular weight is 311 g/mol. The van der Waals surface area contributed by atoms with Gasteiger partial charge in [-0.25, -0.2) is 0 Å². The molecule has 0 atom stereocenters. The molecule has 0 spiro atoms. The molecular formula is C16H23ClN2O2. The number of benzene rings is 1. The minimum Gasteiger partial charge on any atom is -0.486 e. The minimum atomic E-state index is 0.579. The van der Waals surface area contributed by atoms with Gasteiger partial charge in [0.15, 0.2) is 11.5 Å². The van der Waals surface area contributed by atoms with Crippen LogP contribution in [0.4, 0.5) is 0 Å². The van der Waals surface area contributed by atoms with E-state index in [4.69, 9.17) is 21.1 Å². The molecule has 0 unspecified atom stereocenters. The largest absolute Gasteiger partial charge is 0.486 e. The Labute approximate surface area is 131 Å². The topological polar surface area (TPSA) is 33.7 Å². The number of piperazine rings is 1. The smallest absolute Gasteiger partial charge is 0.180 e. The highest BCUT2D eigenvalue weighted by molar-refractivity contribution is 6.32. The lowest BCUT2D eigenvalue weighted by molar-refractivity contribution is 0.170. The fourth-order valence-corrected chi connectivity index (χ4v) is 3.37. The van der Waals surface area contributed by atoms with Crippen LogP contribution in [0.25, 0.3) is 0 Å². The Bertz CT molecular complexity index is 502. The lowest BCUT2D eigenvalue weighted by Gasteiger charge is -2.28. The molecule has 4 nitrogen and oxygen atoms in total. The zero-order chi connectivity index (χ0) is 14.7. The molecule has 1 aromatic carbocycles. The van der Waals surface area contributed by atoms with Gasteiger partial charge in [-0.15, -0.1) is 0 Å².